The van der Waals surface area contributed by atoms with Crippen molar-refractivity contribution < 1.29 is 14.3 Å². The van der Waals surface area contributed by atoms with E-state index in [0.29, 0.717) is 18.1 Å². The molecule has 0 radical (unpaired) electrons. The number of hydrogen-bond donors (Lipinski definition) is 1. The molecule has 0 saturated heterocycles. The van der Waals surface area contributed by atoms with E-state index in [1.54, 1.807) is 12.0 Å². The van der Waals surface area contributed by atoms with Crippen LogP contribution in [-0.2, 0) is 14.3 Å². The average Bonchev–Trinajstić information content (AvgIpc) is 2.70. The zero-order chi connectivity index (χ0) is 19.9. The number of carbonyl (C=O) groups is 2. The number of hydrogen-bond acceptors (Lipinski definition) is 4. The second-order valence-corrected chi connectivity index (χ2v) is 7.66. The minimum atomic E-state index is -0.180. The van der Waals surface area contributed by atoms with Gasteiger partial charge in [-0.1, -0.05) is 53.7 Å². The molecule has 1 N–H and O–H groups in total. The molecule has 1 heterocycles. The van der Waals surface area contributed by atoms with Gasteiger partial charge in [0.05, 0.1) is 10.6 Å². The number of nitrogens with one attached hydrogen (secondary N) is 1. The molecule has 1 aliphatic rings. The van der Waals surface area contributed by atoms with Crippen LogP contribution >= 0.6 is 11.8 Å². The summed E-state index contributed by atoms with van der Waals surface area (Å²) in [4.78, 5) is 28.6. The van der Waals surface area contributed by atoms with Crippen LogP contribution in [0.5, 0.6) is 0 Å². The Morgan fingerprint density at radius 2 is 1.93 bits per heavy atom. The van der Waals surface area contributed by atoms with Gasteiger partial charge in [-0.15, -0.1) is 0 Å². The fourth-order valence-corrected chi connectivity index (χ4v) is 3.94. The highest BCUT2D eigenvalue weighted by molar-refractivity contribution is 8.04. The maximum atomic E-state index is 13.1. The first kappa shape index (κ1) is 20.2. The Balaban J connectivity index is 1.81. The van der Waals surface area contributed by atoms with Gasteiger partial charge in [0.15, 0.2) is 0 Å². The Labute approximate surface area is 169 Å². The van der Waals surface area contributed by atoms with Crippen LogP contribution in [0.15, 0.2) is 58.3 Å². The van der Waals surface area contributed by atoms with Crippen LogP contribution in [0.25, 0.3) is 6.08 Å². The normalized spacial score (nSPS) is 14.9. The maximum absolute atomic E-state index is 13.1. The quantitative estimate of drug-likeness (QED) is 0.574. The molecule has 0 aromatic heterocycles. The number of benzene rings is 2. The zero-order valence-electron chi connectivity index (χ0n) is 16.1. The number of rotatable bonds is 7. The van der Waals surface area contributed by atoms with E-state index in [1.165, 1.54) is 17.3 Å². The van der Waals surface area contributed by atoms with Crippen LogP contribution in [0, 0.1) is 6.92 Å². The summed E-state index contributed by atoms with van der Waals surface area (Å²) in [5.41, 5.74) is 2.90. The van der Waals surface area contributed by atoms with Crippen molar-refractivity contribution in [2.45, 2.75) is 18.2 Å². The summed E-state index contributed by atoms with van der Waals surface area (Å²) in [6, 6.07) is 15.7. The van der Waals surface area contributed by atoms with E-state index in [2.05, 4.69) is 5.32 Å². The molecule has 146 valence electrons. The van der Waals surface area contributed by atoms with Gasteiger partial charge in [-0.05, 0) is 37.1 Å². The monoisotopic (exact) mass is 396 g/mol. The van der Waals surface area contributed by atoms with Gasteiger partial charge < -0.3 is 10.1 Å². The van der Waals surface area contributed by atoms with Crippen LogP contribution in [0.4, 0.5) is 5.69 Å². The van der Waals surface area contributed by atoms with Crippen molar-refractivity contribution in [2.75, 3.05) is 31.7 Å². The molecule has 2 amide bonds. The van der Waals surface area contributed by atoms with Gasteiger partial charge in [-0.3, -0.25) is 14.5 Å². The van der Waals surface area contributed by atoms with Crippen LogP contribution in [-0.4, -0.2) is 38.6 Å². The van der Waals surface area contributed by atoms with Crippen LogP contribution < -0.4 is 10.2 Å². The number of para-hydroxylation sites is 1. The SMILES string of the molecule is COCCCNC(=O)CN1C(=O)C(=Cc2ccc(C)cc2)Sc2ccccc21. The Morgan fingerprint density at radius 3 is 2.68 bits per heavy atom. The van der Waals surface area contributed by atoms with Crippen molar-refractivity contribution in [2.24, 2.45) is 0 Å². The highest BCUT2D eigenvalue weighted by Crippen LogP contribution is 2.41. The average molecular weight is 397 g/mol. The van der Waals surface area contributed by atoms with Crippen molar-refractivity contribution in [3.8, 4) is 0 Å². The number of anilines is 1. The molecule has 1 aliphatic heterocycles. The molecule has 28 heavy (non-hydrogen) atoms. The molecule has 0 aliphatic carbocycles. The summed E-state index contributed by atoms with van der Waals surface area (Å²) in [5.74, 6) is -0.336. The highest BCUT2D eigenvalue weighted by Gasteiger charge is 2.30. The second kappa shape index (κ2) is 9.57. The first-order valence-electron chi connectivity index (χ1n) is 9.21. The fraction of sp³-hybridized carbons (Fsp3) is 0.273. The fourth-order valence-electron chi connectivity index (χ4n) is 2.88. The lowest BCUT2D eigenvalue weighted by molar-refractivity contribution is -0.122. The smallest absolute Gasteiger partial charge is 0.265 e. The molecular weight excluding hydrogens is 372 g/mol. The maximum Gasteiger partial charge on any atom is 0.265 e. The minimum Gasteiger partial charge on any atom is -0.385 e. The van der Waals surface area contributed by atoms with Gasteiger partial charge in [0.2, 0.25) is 5.91 Å². The topological polar surface area (TPSA) is 58.6 Å². The van der Waals surface area contributed by atoms with Crippen molar-refractivity contribution in [3.63, 3.8) is 0 Å². The van der Waals surface area contributed by atoms with E-state index >= 15 is 0 Å². The van der Waals surface area contributed by atoms with Gasteiger partial charge in [-0.2, -0.15) is 0 Å². The van der Waals surface area contributed by atoms with Crippen LogP contribution in [0.3, 0.4) is 0 Å². The third-order valence-corrected chi connectivity index (χ3v) is 5.43. The first-order chi connectivity index (χ1) is 13.6. The Bertz CT molecular complexity index is 878. The van der Waals surface area contributed by atoms with E-state index in [4.69, 9.17) is 4.74 Å². The lowest BCUT2D eigenvalue weighted by Crippen LogP contribution is -2.43. The Hall–Kier alpha value is -2.57. The molecule has 0 unspecified atom stereocenters. The third-order valence-electron chi connectivity index (χ3n) is 4.36. The van der Waals surface area contributed by atoms with Gasteiger partial charge in [0, 0.05) is 25.2 Å². The lowest BCUT2D eigenvalue weighted by atomic mass is 10.1. The third kappa shape index (κ3) is 5.03. The molecule has 0 saturated carbocycles. The number of aryl methyl sites for hydroxylation is 1. The number of nitrogens with zero attached hydrogens (tertiary/aromatic N) is 1. The van der Waals surface area contributed by atoms with Gasteiger partial charge in [0.25, 0.3) is 5.91 Å². The van der Waals surface area contributed by atoms with E-state index in [1.807, 2.05) is 61.5 Å². The van der Waals surface area contributed by atoms with Crippen molar-refractivity contribution in [3.05, 3.63) is 64.6 Å². The number of methoxy groups -OCH3 is 1. The molecular formula is C22H24N2O3S. The minimum absolute atomic E-state index is 0.00533. The summed E-state index contributed by atoms with van der Waals surface area (Å²) in [6.45, 7) is 3.14. The number of ether oxygens (including phenoxy) is 1. The van der Waals surface area contributed by atoms with Gasteiger partial charge in [0.1, 0.15) is 6.54 Å². The van der Waals surface area contributed by atoms with Gasteiger partial charge in [-0.25, -0.2) is 0 Å². The standard InChI is InChI=1S/C22H24N2O3S/c1-16-8-10-17(11-9-16)14-20-22(26)24(15-21(25)23-12-5-13-27-2)18-6-3-4-7-19(18)28-20/h3-4,6-11,14H,5,12-13,15H2,1-2H3,(H,23,25). The zero-order valence-corrected chi connectivity index (χ0v) is 16.9. The number of carbonyl (C=O) groups excluding carboxylic acids is 2. The first-order valence-corrected chi connectivity index (χ1v) is 10.0. The molecule has 2 aromatic carbocycles. The summed E-state index contributed by atoms with van der Waals surface area (Å²) >= 11 is 1.44. The number of thioether (sulfide) groups is 1. The van der Waals surface area contributed by atoms with E-state index in [0.717, 1.165) is 22.6 Å². The molecule has 0 bridgehead atoms. The van der Waals surface area contributed by atoms with Crippen molar-refractivity contribution >= 4 is 35.3 Å². The van der Waals surface area contributed by atoms with Gasteiger partial charge >= 0.3 is 0 Å². The van der Waals surface area contributed by atoms with E-state index < -0.39 is 0 Å². The predicted octanol–water partition coefficient (Wildman–Crippen LogP) is 3.63. The molecule has 0 atom stereocenters. The Morgan fingerprint density at radius 1 is 1.18 bits per heavy atom. The molecule has 2 aromatic rings. The molecule has 0 spiro atoms. The molecule has 0 fully saturated rings. The number of amides is 2. The highest BCUT2D eigenvalue weighted by atomic mass is 32.2. The summed E-state index contributed by atoms with van der Waals surface area (Å²) in [5, 5.41) is 2.85. The van der Waals surface area contributed by atoms with Crippen LogP contribution in [0.1, 0.15) is 17.5 Å². The second-order valence-electron chi connectivity index (χ2n) is 6.58. The molecule has 6 heteroatoms. The number of fused-ring (bicyclic) bond motifs is 1. The summed E-state index contributed by atoms with van der Waals surface area (Å²) in [6.07, 6.45) is 2.62. The van der Waals surface area contributed by atoms with E-state index in [9.17, 15) is 9.59 Å². The van der Waals surface area contributed by atoms with Crippen LogP contribution in [0.2, 0.25) is 0 Å². The van der Waals surface area contributed by atoms with E-state index in [-0.39, 0.29) is 18.4 Å². The Kier molecular flexibility index (Phi) is 6.90. The lowest BCUT2D eigenvalue weighted by Gasteiger charge is -2.29. The van der Waals surface area contributed by atoms with Crippen molar-refractivity contribution in [1.29, 1.82) is 0 Å². The summed E-state index contributed by atoms with van der Waals surface area (Å²) < 4.78 is 4.99. The summed E-state index contributed by atoms with van der Waals surface area (Å²) in [7, 11) is 1.63. The predicted molar refractivity (Wildman–Crippen MR) is 113 cm³/mol. The van der Waals surface area contributed by atoms with Crippen molar-refractivity contribution in [1.82, 2.24) is 5.32 Å². The largest absolute Gasteiger partial charge is 0.385 e. The molecule has 5 nitrogen and oxygen atoms in total. The molecule has 3 rings (SSSR count).